The Morgan fingerprint density at radius 1 is 0.938 bits per heavy atom. The van der Waals surface area contributed by atoms with Gasteiger partial charge in [-0.3, -0.25) is 4.79 Å². The van der Waals surface area contributed by atoms with Crippen molar-refractivity contribution in [3.05, 3.63) is 57.8 Å². The average Bonchev–Trinajstić information content (AvgIpc) is 2.29. The zero-order valence-corrected chi connectivity index (χ0v) is 9.08. The van der Waals surface area contributed by atoms with E-state index in [0.717, 1.165) is 16.3 Å². The lowest BCUT2D eigenvalue weighted by atomic mass is 10.1. The summed E-state index contributed by atoms with van der Waals surface area (Å²) < 4.78 is 0. The van der Waals surface area contributed by atoms with Crippen LogP contribution < -0.4 is 5.56 Å². The zero-order valence-electron chi connectivity index (χ0n) is 8.33. The molecule has 0 aliphatic heterocycles. The highest BCUT2D eigenvalue weighted by molar-refractivity contribution is 6.31. The Bertz CT molecular complexity index is 746. The van der Waals surface area contributed by atoms with Gasteiger partial charge in [-0.05, 0) is 23.6 Å². The monoisotopic (exact) mass is 229 g/mol. The van der Waals surface area contributed by atoms with Crippen LogP contribution >= 0.6 is 11.6 Å². The van der Waals surface area contributed by atoms with Crippen LogP contribution in [0.4, 0.5) is 0 Å². The summed E-state index contributed by atoms with van der Waals surface area (Å²) in [7, 11) is 0. The number of aromatic amines is 1. The number of fused-ring (bicyclic) bond motifs is 3. The molecule has 0 unspecified atom stereocenters. The highest BCUT2D eigenvalue weighted by Crippen LogP contribution is 2.23. The summed E-state index contributed by atoms with van der Waals surface area (Å²) in [5.74, 6) is 0. The van der Waals surface area contributed by atoms with Crippen molar-refractivity contribution in [3.63, 3.8) is 0 Å². The molecule has 0 amide bonds. The number of aromatic nitrogens is 1. The first-order valence-corrected chi connectivity index (χ1v) is 5.34. The van der Waals surface area contributed by atoms with Crippen LogP contribution in [0.5, 0.6) is 0 Å². The lowest BCUT2D eigenvalue weighted by molar-refractivity contribution is 1.34. The summed E-state index contributed by atoms with van der Waals surface area (Å²) in [6, 6.07) is 13.1. The summed E-state index contributed by atoms with van der Waals surface area (Å²) in [5.41, 5.74) is 0.696. The largest absolute Gasteiger partial charge is 0.321 e. The van der Waals surface area contributed by atoms with Gasteiger partial charge in [0.1, 0.15) is 0 Å². The van der Waals surface area contributed by atoms with Gasteiger partial charge in [0, 0.05) is 15.8 Å². The summed E-state index contributed by atoms with van der Waals surface area (Å²) in [4.78, 5) is 14.6. The maximum Gasteiger partial charge on any atom is 0.256 e. The third-order valence-corrected chi connectivity index (χ3v) is 2.93. The van der Waals surface area contributed by atoms with Crippen molar-refractivity contribution in [1.29, 1.82) is 0 Å². The van der Waals surface area contributed by atoms with Crippen molar-refractivity contribution in [2.45, 2.75) is 0 Å². The fraction of sp³-hybridized carbons (Fsp3) is 0. The number of rotatable bonds is 0. The molecular formula is C13H8ClNO. The fourth-order valence-electron chi connectivity index (χ4n) is 1.96. The van der Waals surface area contributed by atoms with Gasteiger partial charge in [-0.15, -0.1) is 0 Å². The van der Waals surface area contributed by atoms with Gasteiger partial charge >= 0.3 is 0 Å². The third kappa shape index (κ3) is 1.31. The van der Waals surface area contributed by atoms with Gasteiger partial charge in [-0.1, -0.05) is 35.9 Å². The lowest BCUT2D eigenvalue weighted by Crippen LogP contribution is -2.05. The third-order valence-electron chi connectivity index (χ3n) is 2.69. The maximum absolute atomic E-state index is 11.8. The van der Waals surface area contributed by atoms with Crippen molar-refractivity contribution in [3.8, 4) is 0 Å². The number of H-pyrrole nitrogens is 1. The molecule has 0 saturated heterocycles. The second kappa shape index (κ2) is 3.35. The van der Waals surface area contributed by atoms with Crippen LogP contribution in [0, 0.1) is 0 Å². The van der Waals surface area contributed by atoms with Crippen LogP contribution in [0.3, 0.4) is 0 Å². The predicted octanol–water partition coefficient (Wildman–Crippen LogP) is 3.33. The van der Waals surface area contributed by atoms with Crippen LogP contribution in [0.1, 0.15) is 0 Å². The van der Waals surface area contributed by atoms with Crippen LogP contribution in [0.15, 0.2) is 47.3 Å². The number of hydrogen-bond donors (Lipinski definition) is 1. The quantitative estimate of drug-likeness (QED) is 0.590. The van der Waals surface area contributed by atoms with Gasteiger partial charge < -0.3 is 4.98 Å². The van der Waals surface area contributed by atoms with Gasteiger partial charge in [0.25, 0.3) is 5.56 Å². The maximum atomic E-state index is 11.8. The average molecular weight is 230 g/mol. The fourth-order valence-corrected chi connectivity index (χ4v) is 2.13. The van der Waals surface area contributed by atoms with E-state index in [1.807, 2.05) is 36.4 Å². The minimum absolute atomic E-state index is 0.0784. The van der Waals surface area contributed by atoms with Crippen molar-refractivity contribution in [1.82, 2.24) is 4.98 Å². The van der Waals surface area contributed by atoms with E-state index in [9.17, 15) is 4.79 Å². The smallest absolute Gasteiger partial charge is 0.256 e. The number of hydrogen-bond acceptors (Lipinski definition) is 1. The molecule has 78 valence electrons. The Labute approximate surface area is 96.5 Å². The van der Waals surface area contributed by atoms with E-state index in [-0.39, 0.29) is 5.56 Å². The van der Waals surface area contributed by atoms with E-state index >= 15 is 0 Å². The Hall–Kier alpha value is -1.80. The Morgan fingerprint density at radius 2 is 1.69 bits per heavy atom. The Kier molecular flexibility index (Phi) is 1.98. The molecule has 2 aromatic carbocycles. The van der Waals surface area contributed by atoms with E-state index in [0.29, 0.717) is 10.4 Å². The molecule has 16 heavy (non-hydrogen) atoms. The van der Waals surface area contributed by atoms with E-state index in [1.54, 1.807) is 6.07 Å². The number of benzene rings is 2. The van der Waals surface area contributed by atoms with Crippen molar-refractivity contribution < 1.29 is 0 Å². The molecule has 1 N–H and O–H groups in total. The van der Waals surface area contributed by atoms with E-state index < -0.39 is 0 Å². The molecule has 2 nitrogen and oxygen atoms in total. The molecule has 0 radical (unpaired) electrons. The molecule has 0 saturated carbocycles. The minimum Gasteiger partial charge on any atom is -0.321 e. The zero-order chi connectivity index (χ0) is 11.1. The molecule has 0 atom stereocenters. The second-order valence-electron chi connectivity index (χ2n) is 3.69. The van der Waals surface area contributed by atoms with Crippen molar-refractivity contribution in [2.24, 2.45) is 0 Å². The van der Waals surface area contributed by atoms with Crippen LogP contribution in [0.2, 0.25) is 5.02 Å². The summed E-state index contributed by atoms with van der Waals surface area (Å²) in [6.07, 6.45) is 0. The van der Waals surface area contributed by atoms with E-state index in [4.69, 9.17) is 11.6 Å². The Balaban J connectivity index is 2.64. The summed E-state index contributed by atoms with van der Waals surface area (Å²) >= 11 is 5.90. The molecule has 3 heteroatoms. The van der Waals surface area contributed by atoms with Gasteiger partial charge in [0.15, 0.2) is 0 Å². The van der Waals surface area contributed by atoms with Gasteiger partial charge in [0.05, 0.1) is 5.52 Å². The van der Waals surface area contributed by atoms with Crippen LogP contribution in [-0.2, 0) is 0 Å². The SMILES string of the molecule is O=c1[nH]c2cc(Cl)ccc2c2ccccc12. The minimum atomic E-state index is -0.0784. The van der Waals surface area contributed by atoms with E-state index in [2.05, 4.69) is 4.98 Å². The second-order valence-corrected chi connectivity index (χ2v) is 4.13. The lowest BCUT2D eigenvalue weighted by Gasteiger charge is -2.03. The molecule has 0 spiro atoms. The number of halogens is 1. The summed E-state index contributed by atoms with van der Waals surface area (Å²) in [5, 5.41) is 3.30. The number of nitrogens with one attached hydrogen (secondary N) is 1. The topological polar surface area (TPSA) is 32.9 Å². The van der Waals surface area contributed by atoms with Crippen molar-refractivity contribution >= 4 is 33.3 Å². The molecule has 1 heterocycles. The standard InChI is InChI=1S/C13H8ClNO/c14-8-5-6-10-9-3-1-2-4-11(9)13(16)15-12(10)7-8/h1-7H,(H,15,16). The van der Waals surface area contributed by atoms with Crippen molar-refractivity contribution in [2.75, 3.05) is 0 Å². The predicted molar refractivity (Wildman–Crippen MR) is 67.1 cm³/mol. The molecule has 0 fully saturated rings. The van der Waals surface area contributed by atoms with Gasteiger partial charge in [0.2, 0.25) is 0 Å². The molecule has 3 aromatic rings. The Morgan fingerprint density at radius 3 is 2.50 bits per heavy atom. The first-order chi connectivity index (χ1) is 7.75. The molecule has 0 aliphatic rings. The normalized spacial score (nSPS) is 11.1. The van der Waals surface area contributed by atoms with Crippen LogP contribution in [0.25, 0.3) is 21.7 Å². The highest BCUT2D eigenvalue weighted by atomic mass is 35.5. The molecular weight excluding hydrogens is 222 g/mol. The first-order valence-electron chi connectivity index (χ1n) is 4.96. The highest BCUT2D eigenvalue weighted by Gasteiger charge is 2.04. The van der Waals surface area contributed by atoms with E-state index in [1.165, 1.54) is 0 Å². The summed E-state index contributed by atoms with van der Waals surface area (Å²) in [6.45, 7) is 0. The van der Waals surface area contributed by atoms with Gasteiger partial charge in [-0.25, -0.2) is 0 Å². The first kappa shape index (κ1) is 9.43. The molecule has 0 aliphatic carbocycles. The molecule has 0 bridgehead atoms. The molecule has 1 aromatic heterocycles. The van der Waals surface area contributed by atoms with Gasteiger partial charge in [-0.2, -0.15) is 0 Å². The van der Waals surface area contributed by atoms with Crippen LogP contribution in [-0.4, -0.2) is 4.98 Å². The number of pyridine rings is 1. The molecule has 3 rings (SSSR count).